The van der Waals surface area contributed by atoms with E-state index in [1.54, 1.807) is 18.9 Å². The van der Waals surface area contributed by atoms with E-state index in [1.165, 1.54) is 0 Å². The molecule has 0 radical (unpaired) electrons. The summed E-state index contributed by atoms with van der Waals surface area (Å²) in [6.45, 7) is 4.22. The standard InChI is InChI=1S/C8H15NOS/c1-8(2,11-4)5-7(6-9)10-3/h7H,5H2,1-4H3. The lowest BCUT2D eigenvalue weighted by Crippen LogP contribution is -2.23. The molecule has 0 heterocycles. The Morgan fingerprint density at radius 1 is 1.64 bits per heavy atom. The predicted molar refractivity (Wildman–Crippen MR) is 48.6 cm³/mol. The molecule has 0 bridgehead atoms. The summed E-state index contributed by atoms with van der Waals surface area (Å²) in [6.07, 6.45) is 2.56. The molecule has 0 fully saturated rings. The van der Waals surface area contributed by atoms with E-state index < -0.39 is 0 Å². The van der Waals surface area contributed by atoms with Gasteiger partial charge in [0.2, 0.25) is 0 Å². The molecule has 64 valence electrons. The van der Waals surface area contributed by atoms with Gasteiger partial charge in [-0.1, -0.05) is 13.8 Å². The number of thioether (sulfide) groups is 1. The van der Waals surface area contributed by atoms with Crippen LogP contribution in [0.15, 0.2) is 0 Å². The molecule has 0 rings (SSSR count). The van der Waals surface area contributed by atoms with Crippen LogP contribution in [0, 0.1) is 11.3 Å². The van der Waals surface area contributed by atoms with Gasteiger partial charge in [0.15, 0.2) is 0 Å². The summed E-state index contributed by atoms with van der Waals surface area (Å²) in [7, 11) is 1.57. The zero-order valence-electron chi connectivity index (χ0n) is 7.55. The second-order valence-corrected chi connectivity index (χ2v) is 4.53. The predicted octanol–water partition coefficient (Wildman–Crippen LogP) is 2.06. The van der Waals surface area contributed by atoms with Crippen molar-refractivity contribution in [1.82, 2.24) is 0 Å². The maximum atomic E-state index is 8.60. The molecule has 0 aromatic rings. The zero-order chi connectivity index (χ0) is 8.91. The van der Waals surface area contributed by atoms with Crippen LogP contribution in [-0.4, -0.2) is 24.2 Å². The van der Waals surface area contributed by atoms with Crippen molar-refractivity contribution in [2.75, 3.05) is 13.4 Å². The van der Waals surface area contributed by atoms with E-state index in [0.717, 1.165) is 6.42 Å². The number of rotatable bonds is 4. The summed E-state index contributed by atoms with van der Waals surface area (Å²) in [4.78, 5) is 0. The Kier molecular flexibility index (Phi) is 4.55. The number of nitriles is 1. The van der Waals surface area contributed by atoms with Gasteiger partial charge in [-0.3, -0.25) is 0 Å². The summed E-state index contributed by atoms with van der Waals surface area (Å²) >= 11 is 1.76. The summed E-state index contributed by atoms with van der Waals surface area (Å²) in [5.41, 5.74) is 0. The lowest BCUT2D eigenvalue weighted by atomic mass is 10.1. The Labute approximate surface area is 72.9 Å². The molecule has 0 amide bonds. The van der Waals surface area contributed by atoms with Crippen molar-refractivity contribution in [3.63, 3.8) is 0 Å². The van der Waals surface area contributed by atoms with E-state index in [0.29, 0.717) is 0 Å². The van der Waals surface area contributed by atoms with Crippen molar-refractivity contribution in [2.45, 2.75) is 31.1 Å². The number of hydrogen-bond acceptors (Lipinski definition) is 3. The first-order valence-electron chi connectivity index (χ1n) is 3.53. The first kappa shape index (κ1) is 10.8. The summed E-state index contributed by atoms with van der Waals surface area (Å²) in [5.74, 6) is 0. The summed E-state index contributed by atoms with van der Waals surface area (Å²) < 4.78 is 5.10. The van der Waals surface area contributed by atoms with Crippen molar-refractivity contribution in [3.05, 3.63) is 0 Å². The topological polar surface area (TPSA) is 33.0 Å². The van der Waals surface area contributed by atoms with Crippen LogP contribution in [0.5, 0.6) is 0 Å². The molecule has 0 saturated carbocycles. The van der Waals surface area contributed by atoms with Gasteiger partial charge in [-0.15, -0.1) is 0 Å². The average Bonchev–Trinajstić information content (AvgIpc) is 2.00. The Morgan fingerprint density at radius 2 is 2.18 bits per heavy atom. The molecule has 0 N–H and O–H groups in total. The fraction of sp³-hybridized carbons (Fsp3) is 0.875. The van der Waals surface area contributed by atoms with E-state index >= 15 is 0 Å². The van der Waals surface area contributed by atoms with Gasteiger partial charge < -0.3 is 4.74 Å². The quantitative estimate of drug-likeness (QED) is 0.652. The highest BCUT2D eigenvalue weighted by Gasteiger charge is 2.21. The molecule has 0 saturated heterocycles. The molecular weight excluding hydrogens is 158 g/mol. The van der Waals surface area contributed by atoms with Gasteiger partial charge in [0, 0.05) is 18.3 Å². The number of hydrogen-bond donors (Lipinski definition) is 0. The third-order valence-corrected chi connectivity index (χ3v) is 2.93. The smallest absolute Gasteiger partial charge is 0.144 e. The first-order valence-corrected chi connectivity index (χ1v) is 4.76. The minimum absolute atomic E-state index is 0.135. The van der Waals surface area contributed by atoms with Crippen molar-refractivity contribution in [2.24, 2.45) is 0 Å². The van der Waals surface area contributed by atoms with Crippen LogP contribution >= 0.6 is 11.8 Å². The van der Waals surface area contributed by atoms with Crippen LogP contribution in [0.4, 0.5) is 0 Å². The maximum Gasteiger partial charge on any atom is 0.144 e. The second-order valence-electron chi connectivity index (χ2n) is 3.02. The molecule has 1 atom stereocenters. The van der Waals surface area contributed by atoms with E-state index in [2.05, 4.69) is 19.9 Å². The van der Waals surface area contributed by atoms with Crippen LogP contribution in [-0.2, 0) is 4.74 Å². The lowest BCUT2D eigenvalue weighted by molar-refractivity contribution is 0.132. The third kappa shape index (κ3) is 4.28. The maximum absolute atomic E-state index is 8.60. The highest BCUT2D eigenvalue weighted by atomic mass is 32.2. The third-order valence-electron chi connectivity index (χ3n) is 1.66. The van der Waals surface area contributed by atoms with E-state index in [4.69, 9.17) is 10.00 Å². The van der Waals surface area contributed by atoms with Crippen molar-refractivity contribution >= 4 is 11.8 Å². The van der Waals surface area contributed by atoms with E-state index in [-0.39, 0.29) is 10.9 Å². The van der Waals surface area contributed by atoms with E-state index in [1.807, 2.05) is 6.26 Å². The molecule has 0 aliphatic rings. The number of nitrogens with zero attached hydrogens (tertiary/aromatic N) is 1. The fourth-order valence-corrected chi connectivity index (χ4v) is 1.03. The molecule has 0 aromatic carbocycles. The van der Waals surface area contributed by atoms with Crippen LogP contribution < -0.4 is 0 Å². The average molecular weight is 173 g/mol. The van der Waals surface area contributed by atoms with Gasteiger partial charge >= 0.3 is 0 Å². The van der Waals surface area contributed by atoms with Gasteiger partial charge in [0.1, 0.15) is 6.10 Å². The van der Waals surface area contributed by atoms with Crippen molar-refractivity contribution in [3.8, 4) is 6.07 Å². The number of ether oxygens (including phenoxy) is 1. The van der Waals surface area contributed by atoms with Gasteiger partial charge in [0.05, 0.1) is 6.07 Å². The van der Waals surface area contributed by atoms with Crippen molar-refractivity contribution in [1.29, 1.82) is 5.26 Å². The Hall–Kier alpha value is -0.200. The molecule has 11 heavy (non-hydrogen) atoms. The van der Waals surface area contributed by atoms with Crippen LogP contribution in [0.25, 0.3) is 0 Å². The molecule has 3 heteroatoms. The van der Waals surface area contributed by atoms with Crippen LogP contribution in [0.2, 0.25) is 0 Å². The second kappa shape index (κ2) is 4.63. The molecule has 1 unspecified atom stereocenters. The molecule has 0 aliphatic carbocycles. The number of methoxy groups -OCH3 is 1. The largest absolute Gasteiger partial charge is 0.366 e. The fourth-order valence-electron chi connectivity index (χ4n) is 0.711. The Bertz CT molecular complexity index is 151. The zero-order valence-corrected chi connectivity index (χ0v) is 8.36. The van der Waals surface area contributed by atoms with Gasteiger partial charge in [0.25, 0.3) is 0 Å². The Balaban J connectivity index is 3.92. The van der Waals surface area contributed by atoms with Gasteiger partial charge in [-0.05, 0) is 6.26 Å². The minimum Gasteiger partial charge on any atom is -0.366 e. The molecule has 2 nitrogen and oxygen atoms in total. The van der Waals surface area contributed by atoms with Crippen molar-refractivity contribution < 1.29 is 4.74 Å². The highest BCUT2D eigenvalue weighted by molar-refractivity contribution is 7.99. The molecule has 0 aromatic heterocycles. The highest BCUT2D eigenvalue weighted by Crippen LogP contribution is 2.27. The first-order chi connectivity index (χ1) is 5.05. The normalized spacial score (nSPS) is 14.1. The van der Waals surface area contributed by atoms with Gasteiger partial charge in [-0.2, -0.15) is 17.0 Å². The minimum atomic E-state index is -0.266. The lowest BCUT2D eigenvalue weighted by Gasteiger charge is -2.23. The summed E-state index contributed by atoms with van der Waals surface area (Å²) in [5, 5.41) is 8.60. The van der Waals surface area contributed by atoms with Crippen LogP contribution in [0.3, 0.4) is 0 Å². The monoisotopic (exact) mass is 173 g/mol. The molecule has 0 aliphatic heterocycles. The van der Waals surface area contributed by atoms with Crippen LogP contribution in [0.1, 0.15) is 20.3 Å². The molecular formula is C8H15NOS. The Morgan fingerprint density at radius 3 is 2.45 bits per heavy atom. The van der Waals surface area contributed by atoms with Gasteiger partial charge in [-0.25, -0.2) is 0 Å². The van der Waals surface area contributed by atoms with E-state index in [9.17, 15) is 0 Å². The SMILES string of the molecule is COC(C#N)CC(C)(C)SC. The molecule has 0 spiro atoms. The summed E-state index contributed by atoms with van der Waals surface area (Å²) in [6, 6.07) is 2.11.